The van der Waals surface area contributed by atoms with Crippen molar-refractivity contribution in [3.8, 4) is 0 Å². The number of nitrogens with one attached hydrogen (secondary N) is 1. The monoisotopic (exact) mass is 291 g/mol. The Kier molecular flexibility index (Phi) is 10.6. The van der Waals surface area contributed by atoms with E-state index in [4.69, 9.17) is 18.9 Å². The maximum absolute atomic E-state index is 11.6. The first-order valence-electron chi connectivity index (χ1n) is 7.01. The van der Waals surface area contributed by atoms with Crippen molar-refractivity contribution in [1.29, 1.82) is 0 Å². The van der Waals surface area contributed by atoms with E-state index in [2.05, 4.69) is 5.32 Å². The van der Waals surface area contributed by atoms with Gasteiger partial charge in [-0.1, -0.05) is 0 Å². The Hall–Kier alpha value is -0.690. The van der Waals surface area contributed by atoms with Crippen molar-refractivity contribution < 1.29 is 23.7 Å². The average molecular weight is 291 g/mol. The van der Waals surface area contributed by atoms with Crippen LogP contribution in [-0.4, -0.2) is 64.3 Å². The lowest BCUT2D eigenvalue weighted by atomic mass is 10.2. The highest BCUT2D eigenvalue weighted by Crippen LogP contribution is 2.09. The van der Waals surface area contributed by atoms with Crippen LogP contribution in [0.15, 0.2) is 0 Å². The summed E-state index contributed by atoms with van der Waals surface area (Å²) in [5, 5.41) is 2.99. The molecule has 20 heavy (non-hydrogen) atoms. The van der Waals surface area contributed by atoms with E-state index in [0.29, 0.717) is 33.0 Å². The summed E-state index contributed by atoms with van der Waals surface area (Å²) >= 11 is 0. The van der Waals surface area contributed by atoms with Crippen molar-refractivity contribution in [1.82, 2.24) is 5.32 Å². The van der Waals surface area contributed by atoms with Crippen LogP contribution in [0, 0.1) is 0 Å². The Labute approximate surface area is 122 Å². The smallest absolute Gasteiger partial charge is 0.335 e. The van der Waals surface area contributed by atoms with Gasteiger partial charge in [0.25, 0.3) is 0 Å². The van der Waals surface area contributed by atoms with Gasteiger partial charge in [-0.3, -0.25) is 0 Å². The van der Waals surface area contributed by atoms with E-state index in [1.807, 2.05) is 27.8 Å². The molecular formula is C14H29NO5. The number of carbonyl (C=O) groups is 1. The van der Waals surface area contributed by atoms with Crippen molar-refractivity contribution in [3.05, 3.63) is 0 Å². The molecule has 1 N–H and O–H groups in total. The first kappa shape index (κ1) is 19.3. The molecule has 6 nitrogen and oxygen atoms in total. The lowest BCUT2D eigenvalue weighted by molar-refractivity contribution is -0.168. The third kappa shape index (κ3) is 12.3. The molecule has 0 saturated carbocycles. The van der Waals surface area contributed by atoms with Crippen molar-refractivity contribution >= 4 is 5.97 Å². The first-order valence-corrected chi connectivity index (χ1v) is 7.01. The number of ether oxygens (including phenoxy) is 4. The molecule has 0 bridgehead atoms. The topological polar surface area (TPSA) is 66.0 Å². The largest absolute Gasteiger partial charge is 0.458 e. The van der Waals surface area contributed by atoms with Gasteiger partial charge in [-0.2, -0.15) is 0 Å². The summed E-state index contributed by atoms with van der Waals surface area (Å²) < 4.78 is 21.2. The van der Waals surface area contributed by atoms with E-state index >= 15 is 0 Å². The number of hydrogen-bond donors (Lipinski definition) is 1. The zero-order valence-electron chi connectivity index (χ0n) is 13.4. The van der Waals surface area contributed by atoms with Crippen LogP contribution in [0.3, 0.4) is 0 Å². The van der Waals surface area contributed by atoms with E-state index in [1.54, 1.807) is 6.92 Å². The maximum atomic E-state index is 11.6. The molecule has 0 amide bonds. The Morgan fingerprint density at radius 1 is 1.05 bits per heavy atom. The zero-order chi connectivity index (χ0) is 15.4. The molecule has 0 aromatic rings. The van der Waals surface area contributed by atoms with Crippen molar-refractivity contribution in [3.63, 3.8) is 0 Å². The van der Waals surface area contributed by atoms with Gasteiger partial charge in [0.2, 0.25) is 0 Å². The minimum absolute atomic E-state index is 0.354. The van der Waals surface area contributed by atoms with Crippen LogP contribution in [0.5, 0.6) is 0 Å². The van der Waals surface area contributed by atoms with E-state index in [0.717, 1.165) is 6.54 Å². The quantitative estimate of drug-likeness (QED) is 0.452. The van der Waals surface area contributed by atoms with E-state index in [9.17, 15) is 4.79 Å². The zero-order valence-corrected chi connectivity index (χ0v) is 13.4. The van der Waals surface area contributed by atoms with Crippen LogP contribution < -0.4 is 5.32 Å². The summed E-state index contributed by atoms with van der Waals surface area (Å²) in [6.07, 6.45) is -0.579. The molecule has 1 unspecified atom stereocenters. The van der Waals surface area contributed by atoms with Crippen LogP contribution in [0.2, 0.25) is 0 Å². The molecule has 0 aliphatic heterocycles. The molecule has 0 fully saturated rings. The first-order chi connectivity index (χ1) is 9.37. The standard InChI is InChI=1S/C14H29NO5/c1-12(13(16)20-14(2,3)4)19-11-10-18-9-8-17-7-6-15-5/h12,15H,6-11H2,1-5H3. The number of hydrogen-bond acceptors (Lipinski definition) is 6. The molecule has 0 aromatic heterocycles. The van der Waals surface area contributed by atoms with E-state index in [-0.39, 0.29) is 5.97 Å². The van der Waals surface area contributed by atoms with Gasteiger partial charge in [0.15, 0.2) is 6.10 Å². The second-order valence-corrected chi connectivity index (χ2v) is 5.37. The molecule has 0 heterocycles. The van der Waals surface area contributed by atoms with Crippen molar-refractivity contribution in [2.45, 2.75) is 39.4 Å². The lowest BCUT2D eigenvalue weighted by Crippen LogP contribution is -2.32. The van der Waals surface area contributed by atoms with Crippen LogP contribution in [0.25, 0.3) is 0 Å². The molecule has 6 heteroatoms. The van der Waals surface area contributed by atoms with Crippen LogP contribution in [0.1, 0.15) is 27.7 Å². The number of likely N-dealkylation sites (N-methyl/N-ethyl adjacent to an activating group) is 1. The summed E-state index contributed by atoms with van der Waals surface area (Å²) in [4.78, 5) is 11.6. The number of esters is 1. The fourth-order valence-electron chi connectivity index (χ4n) is 1.23. The van der Waals surface area contributed by atoms with Crippen LogP contribution in [-0.2, 0) is 23.7 Å². The van der Waals surface area contributed by atoms with Crippen molar-refractivity contribution in [2.24, 2.45) is 0 Å². The predicted molar refractivity (Wildman–Crippen MR) is 76.8 cm³/mol. The molecule has 0 radical (unpaired) electrons. The van der Waals surface area contributed by atoms with Gasteiger partial charge in [0.1, 0.15) is 5.60 Å². The minimum atomic E-state index is -0.579. The minimum Gasteiger partial charge on any atom is -0.458 e. The predicted octanol–water partition coefficient (Wildman–Crippen LogP) is 0.986. The van der Waals surface area contributed by atoms with Gasteiger partial charge in [-0.25, -0.2) is 4.79 Å². The second kappa shape index (κ2) is 11.0. The molecule has 1 atom stereocenters. The number of carbonyl (C=O) groups excluding carboxylic acids is 1. The highest BCUT2D eigenvalue weighted by Gasteiger charge is 2.21. The Morgan fingerprint density at radius 3 is 2.15 bits per heavy atom. The molecule has 120 valence electrons. The fraction of sp³-hybridized carbons (Fsp3) is 0.929. The maximum Gasteiger partial charge on any atom is 0.335 e. The summed E-state index contributed by atoms with van der Waals surface area (Å²) in [6.45, 7) is 10.5. The fourth-order valence-corrected chi connectivity index (χ4v) is 1.23. The summed E-state index contributed by atoms with van der Waals surface area (Å²) in [6, 6.07) is 0. The van der Waals surface area contributed by atoms with Gasteiger partial charge >= 0.3 is 5.97 Å². The Morgan fingerprint density at radius 2 is 1.60 bits per heavy atom. The third-order valence-corrected chi connectivity index (χ3v) is 2.20. The molecule has 0 saturated heterocycles. The number of rotatable bonds is 11. The van der Waals surface area contributed by atoms with Gasteiger partial charge in [0, 0.05) is 6.54 Å². The Bertz CT molecular complexity index is 252. The third-order valence-electron chi connectivity index (χ3n) is 2.20. The second-order valence-electron chi connectivity index (χ2n) is 5.37. The molecule has 0 aliphatic carbocycles. The van der Waals surface area contributed by atoms with Gasteiger partial charge in [-0.05, 0) is 34.7 Å². The van der Waals surface area contributed by atoms with Gasteiger partial charge < -0.3 is 24.3 Å². The van der Waals surface area contributed by atoms with Gasteiger partial charge in [-0.15, -0.1) is 0 Å². The average Bonchev–Trinajstić information content (AvgIpc) is 2.34. The lowest BCUT2D eigenvalue weighted by Gasteiger charge is -2.22. The SMILES string of the molecule is CNCCOCCOCCOC(C)C(=O)OC(C)(C)C. The summed E-state index contributed by atoms with van der Waals surface area (Å²) in [7, 11) is 1.88. The molecule has 0 rings (SSSR count). The van der Waals surface area contributed by atoms with Crippen LogP contribution >= 0.6 is 0 Å². The van der Waals surface area contributed by atoms with Crippen molar-refractivity contribution in [2.75, 3.05) is 46.6 Å². The van der Waals surface area contributed by atoms with E-state index in [1.165, 1.54) is 0 Å². The summed E-state index contributed by atoms with van der Waals surface area (Å²) in [5.41, 5.74) is -0.490. The highest BCUT2D eigenvalue weighted by atomic mass is 16.6. The summed E-state index contributed by atoms with van der Waals surface area (Å²) in [5.74, 6) is -0.354. The van der Waals surface area contributed by atoms with E-state index < -0.39 is 11.7 Å². The highest BCUT2D eigenvalue weighted by molar-refractivity contribution is 5.74. The Balaban J connectivity index is 3.44. The molecule has 0 spiro atoms. The molecule has 0 aromatic carbocycles. The molecule has 0 aliphatic rings. The molecular weight excluding hydrogens is 262 g/mol. The normalized spacial score (nSPS) is 13.2. The van der Waals surface area contributed by atoms with Gasteiger partial charge in [0.05, 0.1) is 33.0 Å². The van der Waals surface area contributed by atoms with Crippen LogP contribution in [0.4, 0.5) is 0 Å².